The number of benzene rings is 2. The van der Waals surface area contributed by atoms with Crippen LogP contribution >= 0.6 is 11.6 Å². The monoisotopic (exact) mass is 381 g/mol. The smallest absolute Gasteiger partial charge is 0.274 e. The van der Waals surface area contributed by atoms with Crippen LogP contribution in [0.25, 0.3) is 10.8 Å². The summed E-state index contributed by atoms with van der Waals surface area (Å²) in [7, 11) is 1.61. The summed E-state index contributed by atoms with van der Waals surface area (Å²) in [6.07, 6.45) is 2.96. The zero-order valence-electron chi connectivity index (χ0n) is 15.0. The topological polar surface area (TPSA) is 64.0 Å². The van der Waals surface area contributed by atoms with Crippen molar-refractivity contribution in [1.29, 1.82) is 0 Å². The molecule has 0 aliphatic heterocycles. The SMILES string of the molecule is Cn1nc(CC(=O)NC2(c3cccc(Cl)c3)CCC2)c2ccccc2c1=O. The average molecular weight is 382 g/mol. The van der Waals surface area contributed by atoms with Crippen molar-refractivity contribution in [2.75, 3.05) is 0 Å². The maximum absolute atomic E-state index is 12.8. The van der Waals surface area contributed by atoms with Crippen LogP contribution in [-0.4, -0.2) is 15.7 Å². The zero-order valence-corrected chi connectivity index (χ0v) is 15.8. The number of hydrogen-bond donors (Lipinski definition) is 1. The number of aromatic nitrogens is 2. The van der Waals surface area contributed by atoms with E-state index in [0.29, 0.717) is 16.1 Å². The van der Waals surface area contributed by atoms with Crippen molar-refractivity contribution in [2.45, 2.75) is 31.2 Å². The Morgan fingerprint density at radius 3 is 2.59 bits per heavy atom. The maximum atomic E-state index is 12.8. The lowest BCUT2D eigenvalue weighted by Crippen LogP contribution is -2.51. The summed E-state index contributed by atoms with van der Waals surface area (Å²) in [6.45, 7) is 0. The van der Waals surface area contributed by atoms with E-state index in [2.05, 4.69) is 10.4 Å². The van der Waals surface area contributed by atoms with Crippen molar-refractivity contribution in [3.63, 3.8) is 0 Å². The van der Waals surface area contributed by atoms with Crippen LogP contribution in [0, 0.1) is 0 Å². The molecule has 3 aromatic rings. The number of halogens is 1. The molecule has 1 aromatic heterocycles. The Balaban J connectivity index is 1.63. The largest absolute Gasteiger partial charge is 0.346 e. The van der Waals surface area contributed by atoms with Gasteiger partial charge >= 0.3 is 0 Å². The van der Waals surface area contributed by atoms with Crippen molar-refractivity contribution in [1.82, 2.24) is 15.1 Å². The Bertz CT molecular complexity index is 1090. The van der Waals surface area contributed by atoms with Crippen molar-refractivity contribution in [3.8, 4) is 0 Å². The van der Waals surface area contributed by atoms with E-state index in [0.717, 1.165) is 30.2 Å². The number of hydrogen-bond acceptors (Lipinski definition) is 3. The standard InChI is InChI=1S/C21H20ClN3O2/c1-25-20(27)17-9-3-2-8-16(17)18(24-25)13-19(26)23-21(10-5-11-21)14-6-4-7-15(22)12-14/h2-4,6-9,12H,5,10-11,13H2,1H3,(H,23,26). The third-order valence-corrected chi connectivity index (χ3v) is 5.56. The predicted octanol–water partition coefficient (Wildman–Crippen LogP) is 3.33. The molecule has 4 rings (SSSR count). The van der Waals surface area contributed by atoms with Gasteiger partial charge in [-0.05, 0) is 43.0 Å². The van der Waals surface area contributed by atoms with E-state index in [1.165, 1.54) is 4.68 Å². The first-order chi connectivity index (χ1) is 13.0. The van der Waals surface area contributed by atoms with Crippen LogP contribution in [0.2, 0.25) is 5.02 Å². The molecule has 0 radical (unpaired) electrons. The van der Waals surface area contributed by atoms with Crippen LogP contribution in [0.1, 0.15) is 30.5 Å². The minimum absolute atomic E-state index is 0.106. The Morgan fingerprint density at radius 1 is 1.19 bits per heavy atom. The predicted molar refractivity (Wildman–Crippen MR) is 106 cm³/mol. The molecule has 0 atom stereocenters. The van der Waals surface area contributed by atoms with Gasteiger partial charge in [0, 0.05) is 17.5 Å². The molecule has 1 N–H and O–H groups in total. The Labute approximate surface area is 162 Å². The first kappa shape index (κ1) is 17.7. The molecule has 1 saturated carbocycles. The molecule has 0 unspecified atom stereocenters. The van der Waals surface area contributed by atoms with Crippen molar-refractivity contribution in [2.24, 2.45) is 7.05 Å². The molecule has 5 nitrogen and oxygen atoms in total. The summed E-state index contributed by atoms with van der Waals surface area (Å²) < 4.78 is 1.29. The average Bonchev–Trinajstić information content (AvgIpc) is 2.62. The van der Waals surface area contributed by atoms with Gasteiger partial charge in [-0.15, -0.1) is 0 Å². The van der Waals surface area contributed by atoms with Crippen LogP contribution in [0.5, 0.6) is 0 Å². The van der Waals surface area contributed by atoms with Crippen LogP contribution in [-0.2, 0) is 23.8 Å². The Kier molecular flexibility index (Phi) is 4.48. The molecule has 138 valence electrons. The maximum Gasteiger partial charge on any atom is 0.274 e. The first-order valence-electron chi connectivity index (χ1n) is 9.00. The molecule has 1 aliphatic carbocycles. The summed E-state index contributed by atoms with van der Waals surface area (Å²) in [5, 5.41) is 9.48. The minimum Gasteiger partial charge on any atom is -0.346 e. The Hall–Kier alpha value is -2.66. The highest BCUT2D eigenvalue weighted by atomic mass is 35.5. The summed E-state index contributed by atoms with van der Waals surface area (Å²) in [5.41, 5.74) is 1.11. The van der Waals surface area contributed by atoms with Gasteiger partial charge in [-0.3, -0.25) is 9.59 Å². The van der Waals surface area contributed by atoms with E-state index in [4.69, 9.17) is 11.6 Å². The molecule has 2 aromatic carbocycles. The van der Waals surface area contributed by atoms with Crippen molar-refractivity contribution < 1.29 is 4.79 Å². The fourth-order valence-electron chi connectivity index (χ4n) is 3.77. The minimum atomic E-state index is -0.363. The number of nitrogens with one attached hydrogen (secondary N) is 1. The van der Waals surface area contributed by atoms with E-state index < -0.39 is 0 Å². The van der Waals surface area contributed by atoms with E-state index in [9.17, 15) is 9.59 Å². The van der Waals surface area contributed by atoms with Crippen LogP contribution in [0.3, 0.4) is 0 Å². The van der Waals surface area contributed by atoms with Gasteiger partial charge in [-0.25, -0.2) is 4.68 Å². The van der Waals surface area contributed by atoms with Gasteiger partial charge < -0.3 is 5.32 Å². The quantitative estimate of drug-likeness (QED) is 0.754. The van der Waals surface area contributed by atoms with Gasteiger partial charge in [0.05, 0.1) is 23.0 Å². The summed E-state index contributed by atoms with van der Waals surface area (Å²) in [6, 6.07) is 14.9. The molecular weight excluding hydrogens is 362 g/mol. The van der Waals surface area contributed by atoms with Crippen molar-refractivity contribution >= 4 is 28.3 Å². The summed E-state index contributed by atoms with van der Waals surface area (Å²) in [5.74, 6) is -0.106. The number of nitrogens with zero attached hydrogens (tertiary/aromatic N) is 2. The molecule has 0 spiro atoms. The molecule has 1 fully saturated rings. The van der Waals surface area contributed by atoms with E-state index >= 15 is 0 Å². The zero-order chi connectivity index (χ0) is 19.0. The molecule has 6 heteroatoms. The van der Waals surface area contributed by atoms with Crippen molar-refractivity contribution in [3.05, 3.63) is 75.2 Å². The second kappa shape index (κ2) is 6.82. The van der Waals surface area contributed by atoms with Crippen LogP contribution in [0.15, 0.2) is 53.3 Å². The number of carbonyl (C=O) groups is 1. The number of fused-ring (bicyclic) bond motifs is 1. The van der Waals surface area contributed by atoms with Gasteiger partial charge in [0.25, 0.3) is 5.56 Å². The molecular formula is C21H20ClN3O2. The fraction of sp³-hybridized carbons (Fsp3) is 0.286. The van der Waals surface area contributed by atoms with Gasteiger partial charge in [-0.1, -0.05) is 41.9 Å². The van der Waals surface area contributed by atoms with E-state index in [1.54, 1.807) is 13.1 Å². The number of rotatable bonds is 4. The lowest BCUT2D eigenvalue weighted by atomic mass is 9.71. The number of aryl methyl sites for hydroxylation is 1. The second-order valence-corrected chi connectivity index (χ2v) is 7.53. The lowest BCUT2D eigenvalue weighted by molar-refractivity contribution is -0.123. The molecule has 1 aliphatic rings. The van der Waals surface area contributed by atoms with E-state index in [1.807, 2.05) is 42.5 Å². The summed E-state index contributed by atoms with van der Waals surface area (Å²) in [4.78, 5) is 25.1. The fourth-order valence-corrected chi connectivity index (χ4v) is 3.96. The molecule has 1 amide bonds. The Morgan fingerprint density at radius 2 is 1.93 bits per heavy atom. The van der Waals surface area contributed by atoms with Gasteiger partial charge in [-0.2, -0.15) is 5.10 Å². The second-order valence-electron chi connectivity index (χ2n) is 7.09. The van der Waals surface area contributed by atoms with Crippen LogP contribution in [0.4, 0.5) is 0 Å². The molecule has 0 bridgehead atoms. The van der Waals surface area contributed by atoms with Crippen LogP contribution < -0.4 is 10.9 Å². The molecule has 0 saturated heterocycles. The third-order valence-electron chi connectivity index (χ3n) is 5.32. The summed E-state index contributed by atoms with van der Waals surface area (Å²) >= 11 is 6.14. The molecule has 1 heterocycles. The molecule has 27 heavy (non-hydrogen) atoms. The normalized spacial score (nSPS) is 15.3. The lowest BCUT2D eigenvalue weighted by Gasteiger charge is -2.43. The number of carbonyl (C=O) groups excluding carboxylic acids is 1. The van der Waals surface area contributed by atoms with Gasteiger partial charge in [0.1, 0.15) is 0 Å². The highest BCUT2D eigenvalue weighted by Crippen LogP contribution is 2.42. The highest BCUT2D eigenvalue weighted by molar-refractivity contribution is 6.30. The number of amides is 1. The van der Waals surface area contributed by atoms with Gasteiger partial charge in [0.2, 0.25) is 5.91 Å². The van der Waals surface area contributed by atoms with E-state index in [-0.39, 0.29) is 23.4 Å². The third kappa shape index (κ3) is 3.23. The first-order valence-corrected chi connectivity index (χ1v) is 9.38. The highest BCUT2D eigenvalue weighted by Gasteiger charge is 2.40. The van der Waals surface area contributed by atoms with Gasteiger partial charge in [0.15, 0.2) is 0 Å².